The highest BCUT2D eigenvalue weighted by Crippen LogP contribution is 2.18. The smallest absolute Gasteiger partial charge is 0.273 e. The lowest BCUT2D eigenvalue weighted by molar-refractivity contribution is -0.384. The molecule has 0 atom stereocenters. The summed E-state index contributed by atoms with van der Waals surface area (Å²) in [5, 5.41) is 13.2. The van der Waals surface area contributed by atoms with E-state index >= 15 is 0 Å². The van der Waals surface area contributed by atoms with Crippen LogP contribution in [-0.4, -0.2) is 30.5 Å². The van der Waals surface area contributed by atoms with Crippen molar-refractivity contribution in [2.75, 3.05) is 19.7 Å². The predicted molar refractivity (Wildman–Crippen MR) is 77.1 cm³/mol. The van der Waals surface area contributed by atoms with Crippen LogP contribution in [0.3, 0.4) is 0 Å². The molecule has 8 heteroatoms. The monoisotopic (exact) mass is 303 g/mol. The van der Waals surface area contributed by atoms with Crippen molar-refractivity contribution in [3.8, 4) is 5.75 Å². The summed E-state index contributed by atoms with van der Waals surface area (Å²) in [4.78, 5) is 21.4. The number of carbonyl (C=O) groups is 1. The molecule has 112 valence electrons. The number of rotatable bonds is 8. The maximum atomic E-state index is 11.4. The van der Waals surface area contributed by atoms with Crippen LogP contribution in [0.25, 0.3) is 0 Å². The van der Waals surface area contributed by atoms with Crippen molar-refractivity contribution >= 4 is 24.0 Å². The van der Waals surface area contributed by atoms with E-state index < -0.39 is 4.92 Å². The molecule has 0 fully saturated rings. The maximum Gasteiger partial charge on any atom is 0.273 e. The number of hydrogen-bond donors (Lipinski definition) is 2. The van der Waals surface area contributed by atoms with Gasteiger partial charge < -0.3 is 15.8 Å². The van der Waals surface area contributed by atoms with Gasteiger partial charge in [0, 0.05) is 12.6 Å². The molecular weight excluding hydrogens is 286 g/mol. The topological polar surface area (TPSA) is 107 Å². The zero-order valence-electron chi connectivity index (χ0n) is 10.9. The van der Waals surface area contributed by atoms with E-state index in [-0.39, 0.29) is 30.6 Å². The number of ether oxygens (including phenoxy) is 1. The lowest BCUT2D eigenvalue weighted by atomic mass is 10.3. The van der Waals surface area contributed by atoms with Gasteiger partial charge in [0.15, 0.2) is 6.61 Å². The molecule has 0 saturated heterocycles. The number of unbranched alkanes of at least 4 members (excludes halogenated alkanes) is 1. The number of benzene rings is 1. The van der Waals surface area contributed by atoms with Crippen molar-refractivity contribution in [1.82, 2.24) is 5.32 Å². The molecule has 0 heterocycles. The summed E-state index contributed by atoms with van der Waals surface area (Å²) in [7, 11) is 0. The summed E-state index contributed by atoms with van der Waals surface area (Å²) in [6, 6.07) is 5.71. The lowest BCUT2D eigenvalue weighted by Crippen LogP contribution is -2.29. The Labute approximate surface area is 123 Å². The van der Waals surface area contributed by atoms with Crippen LogP contribution in [0.1, 0.15) is 12.8 Å². The molecule has 0 saturated carbocycles. The molecular formula is C12H18ClN3O4. The van der Waals surface area contributed by atoms with Crippen LogP contribution >= 0.6 is 12.4 Å². The number of nitrogens with one attached hydrogen (secondary N) is 1. The third-order valence-corrected chi connectivity index (χ3v) is 2.35. The zero-order chi connectivity index (χ0) is 14.1. The van der Waals surface area contributed by atoms with Gasteiger partial charge in [0.05, 0.1) is 11.0 Å². The van der Waals surface area contributed by atoms with Crippen LogP contribution < -0.4 is 15.8 Å². The Kier molecular flexibility index (Phi) is 9.06. The number of hydrogen-bond acceptors (Lipinski definition) is 5. The first-order chi connectivity index (χ1) is 9.13. The van der Waals surface area contributed by atoms with Gasteiger partial charge in [0.2, 0.25) is 0 Å². The number of amides is 1. The highest BCUT2D eigenvalue weighted by molar-refractivity contribution is 5.85. The number of nitrogens with two attached hydrogens (primary N) is 1. The van der Waals surface area contributed by atoms with Crippen molar-refractivity contribution in [2.24, 2.45) is 5.73 Å². The van der Waals surface area contributed by atoms with Crippen LogP contribution in [0.2, 0.25) is 0 Å². The molecule has 0 bridgehead atoms. The molecule has 0 unspecified atom stereocenters. The fourth-order valence-electron chi connectivity index (χ4n) is 1.38. The van der Waals surface area contributed by atoms with Gasteiger partial charge in [-0.05, 0) is 25.5 Å². The standard InChI is InChI=1S/C12H17N3O4.ClH/c13-6-1-2-7-14-12(16)9-19-11-5-3-4-10(8-11)15(17)18;/h3-5,8H,1-2,6-7,9,13H2,(H,14,16);1H. The Morgan fingerprint density at radius 2 is 2.15 bits per heavy atom. The molecule has 0 aliphatic rings. The van der Waals surface area contributed by atoms with Crippen LogP contribution in [-0.2, 0) is 4.79 Å². The molecule has 0 aromatic heterocycles. The Morgan fingerprint density at radius 1 is 1.40 bits per heavy atom. The molecule has 1 aromatic carbocycles. The summed E-state index contributed by atoms with van der Waals surface area (Å²) in [6.07, 6.45) is 1.67. The number of nitrogens with zero attached hydrogens (tertiary/aromatic N) is 1. The first kappa shape index (κ1) is 18.1. The van der Waals surface area contributed by atoms with Crippen molar-refractivity contribution < 1.29 is 14.5 Å². The van der Waals surface area contributed by atoms with Crippen molar-refractivity contribution in [3.05, 3.63) is 34.4 Å². The highest BCUT2D eigenvalue weighted by Gasteiger charge is 2.07. The largest absolute Gasteiger partial charge is 0.484 e. The Morgan fingerprint density at radius 3 is 2.80 bits per heavy atom. The summed E-state index contributed by atoms with van der Waals surface area (Å²) >= 11 is 0. The Bertz CT molecular complexity index is 442. The fraction of sp³-hybridized carbons (Fsp3) is 0.417. The van der Waals surface area contributed by atoms with E-state index in [9.17, 15) is 14.9 Å². The van der Waals surface area contributed by atoms with E-state index in [0.717, 1.165) is 12.8 Å². The predicted octanol–water partition coefficient (Wildman–Crippen LogP) is 1.25. The number of halogens is 1. The second-order valence-corrected chi connectivity index (χ2v) is 3.89. The van der Waals surface area contributed by atoms with E-state index in [1.54, 1.807) is 6.07 Å². The average molecular weight is 304 g/mol. The van der Waals surface area contributed by atoms with Crippen LogP contribution in [0, 0.1) is 10.1 Å². The van der Waals surface area contributed by atoms with Gasteiger partial charge in [0.25, 0.3) is 11.6 Å². The van der Waals surface area contributed by atoms with Crippen LogP contribution in [0.4, 0.5) is 5.69 Å². The molecule has 1 amide bonds. The molecule has 0 radical (unpaired) electrons. The number of non-ortho nitro benzene ring substituents is 1. The van der Waals surface area contributed by atoms with E-state index in [1.165, 1.54) is 18.2 Å². The van der Waals surface area contributed by atoms with Gasteiger partial charge in [-0.15, -0.1) is 12.4 Å². The van der Waals surface area contributed by atoms with Crippen LogP contribution in [0.15, 0.2) is 24.3 Å². The summed E-state index contributed by atoms with van der Waals surface area (Å²) in [6.45, 7) is 0.984. The molecule has 7 nitrogen and oxygen atoms in total. The van der Waals surface area contributed by atoms with E-state index in [4.69, 9.17) is 10.5 Å². The van der Waals surface area contributed by atoms with E-state index in [1.807, 2.05) is 0 Å². The van der Waals surface area contributed by atoms with Gasteiger partial charge in [-0.2, -0.15) is 0 Å². The van der Waals surface area contributed by atoms with Gasteiger partial charge >= 0.3 is 0 Å². The quantitative estimate of drug-likeness (QED) is 0.427. The lowest BCUT2D eigenvalue weighted by Gasteiger charge is -2.07. The van der Waals surface area contributed by atoms with Gasteiger partial charge in [-0.3, -0.25) is 14.9 Å². The van der Waals surface area contributed by atoms with Crippen molar-refractivity contribution in [1.29, 1.82) is 0 Å². The van der Waals surface area contributed by atoms with E-state index in [2.05, 4.69) is 5.32 Å². The third kappa shape index (κ3) is 6.91. The minimum Gasteiger partial charge on any atom is -0.484 e. The molecule has 20 heavy (non-hydrogen) atoms. The van der Waals surface area contributed by atoms with Crippen molar-refractivity contribution in [2.45, 2.75) is 12.8 Å². The molecule has 3 N–H and O–H groups in total. The van der Waals surface area contributed by atoms with Gasteiger partial charge in [-0.1, -0.05) is 6.07 Å². The van der Waals surface area contributed by atoms with Gasteiger partial charge in [-0.25, -0.2) is 0 Å². The summed E-state index contributed by atoms with van der Waals surface area (Å²) in [5.41, 5.74) is 5.26. The Balaban J connectivity index is 0.00000361. The molecule has 0 spiro atoms. The first-order valence-corrected chi connectivity index (χ1v) is 5.97. The molecule has 1 rings (SSSR count). The minimum atomic E-state index is -0.514. The van der Waals surface area contributed by atoms with Crippen molar-refractivity contribution in [3.63, 3.8) is 0 Å². The molecule has 0 aliphatic carbocycles. The second kappa shape index (κ2) is 9.99. The first-order valence-electron chi connectivity index (χ1n) is 5.97. The SMILES string of the molecule is Cl.NCCCCNC(=O)COc1cccc([N+](=O)[O-])c1. The zero-order valence-corrected chi connectivity index (χ0v) is 11.7. The Hall–Kier alpha value is -1.86. The number of nitro benzene ring substituents is 1. The summed E-state index contributed by atoms with van der Waals surface area (Å²) in [5.74, 6) is 0.0369. The van der Waals surface area contributed by atoms with Crippen LogP contribution in [0.5, 0.6) is 5.75 Å². The normalized spacial score (nSPS) is 9.45. The number of carbonyl (C=O) groups excluding carboxylic acids is 1. The minimum absolute atomic E-state index is 0. The second-order valence-electron chi connectivity index (χ2n) is 3.89. The third-order valence-electron chi connectivity index (χ3n) is 2.35. The van der Waals surface area contributed by atoms with Gasteiger partial charge in [0.1, 0.15) is 5.75 Å². The average Bonchev–Trinajstić information content (AvgIpc) is 2.41. The molecule has 0 aliphatic heterocycles. The number of nitro groups is 1. The van der Waals surface area contributed by atoms with E-state index in [0.29, 0.717) is 18.8 Å². The maximum absolute atomic E-state index is 11.4. The fourth-order valence-corrected chi connectivity index (χ4v) is 1.38. The molecule has 1 aromatic rings. The summed E-state index contributed by atoms with van der Waals surface area (Å²) < 4.78 is 5.17. The highest BCUT2D eigenvalue weighted by atomic mass is 35.5.